The van der Waals surface area contributed by atoms with Crippen LogP contribution in [0.4, 0.5) is 26.3 Å². The first-order valence-electron chi connectivity index (χ1n) is 3.83. The van der Waals surface area contributed by atoms with E-state index in [1.54, 1.807) is 0 Å². The van der Waals surface area contributed by atoms with Gasteiger partial charge in [-0.3, -0.25) is 4.79 Å². The van der Waals surface area contributed by atoms with E-state index in [9.17, 15) is 31.1 Å². The molecule has 0 aliphatic heterocycles. The van der Waals surface area contributed by atoms with Crippen molar-refractivity contribution in [2.75, 3.05) is 0 Å². The lowest BCUT2D eigenvalue weighted by Gasteiger charge is -2.06. The Labute approximate surface area is 81.8 Å². The SMILES string of the molecule is CC(=CC(=O)CC(F)(F)F)CC(F)(F)F. The van der Waals surface area contributed by atoms with Crippen molar-refractivity contribution in [2.45, 2.75) is 32.1 Å². The highest BCUT2D eigenvalue weighted by Gasteiger charge is 2.31. The first kappa shape index (κ1) is 14.0. The number of alkyl halides is 6. The Hall–Kier alpha value is -1.01. The van der Waals surface area contributed by atoms with Crippen LogP contribution < -0.4 is 0 Å². The van der Waals surface area contributed by atoms with Crippen LogP contribution in [0, 0.1) is 0 Å². The number of carbonyl (C=O) groups is 1. The monoisotopic (exact) mass is 234 g/mol. The predicted molar refractivity (Wildman–Crippen MR) is 40.1 cm³/mol. The van der Waals surface area contributed by atoms with E-state index in [0.717, 1.165) is 6.92 Å². The second-order valence-electron chi connectivity index (χ2n) is 3.04. The molecule has 0 rings (SSSR count). The molecule has 1 nitrogen and oxygen atoms in total. The van der Waals surface area contributed by atoms with Crippen molar-refractivity contribution < 1.29 is 31.1 Å². The minimum atomic E-state index is -4.69. The molecule has 7 heteroatoms. The van der Waals surface area contributed by atoms with Gasteiger partial charge < -0.3 is 0 Å². The zero-order valence-electron chi connectivity index (χ0n) is 7.67. The van der Waals surface area contributed by atoms with Crippen LogP contribution in [0.2, 0.25) is 0 Å². The minimum absolute atomic E-state index is 0.376. The molecule has 0 saturated carbocycles. The van der Waals surface area contributed by atoms with Crippen molar-refractivity contribution in [3.63, 3.8) is 0 Å². The van der Waals surface area contributed by atoms with Gasteiger partial charge in [0.2, 0.25) is 0 Å². The number of hydrogen-bond donors (Lipinski definition) is 0. The molecule has 0 saturated heterocycles. The molecule has 0 heterocycles. The van der Waals surface area contributed by atoms with Gasteiger partial charge in [-0.05, 0) is 13.0 Å². The Balaban J connectivity index is 4.31. The van der Waals surface area contributed by atoms with E-state index in [-0.39, 0.29) is 0 Å². The number of ketones is 1. The Morgan fingerprint density at radius 2 is 1.40 bits per heavy atom. The van der Waals surface area contributed by atoms with Gasteiger partial charge in [0.25, 0.3) is 0 Å². The van der Waals surface area contributed by atoms with E-state index in [0.29, 0.717) is 6.08 Å². The van der Waals surface area contributed by atoms with Crippen LogP contribution in [0.15, 0.2) is 11.6 Å². The van der Waals surface area contributed by atoms with E-state index in [4.69, 9.17) is 0 Å². The summed E-state index contributed by atoms with van der Waals surface area (Å²) in [6, 6.07) is 0. The summed E-state index contributed by atoms with van der Waals surface area (Å²) in [6.45, 7) is 0.960. The zero-order valence-corrected chi connectivity index (χ0v) is 7.67. The number of halogens is 6. The lowest BCUT2D eigenvalue weighted by Crippen LogP contribution is -2.14. The minimum Gasteiger partial charge on any atom is -0.294 e. The van der Waals surface area contributed by atoms with Crippen molar-refractivity contribution in [1.82, 2.24) is 0 Å². The fourth-order valence-electron chi connectivity index (χ4n) is 0.891. The first-order valence-corrected chi connectivity index (χ1v) is 3.83. The van der Waals surface area contributed by atoms with Gasteiger partial charge in [0, 0.05) is 0 Å². The average Bonchev–Trinajstić information content (AvgIpc) is 1.73. The van der Waals surface area contributed by atoms with Gasteiger partial charge in [-0.25, -0.2) is 0 Å². The molecular formula is C8H8F6O. The number of hydrogen-bond acceptors (Lipinski definition) is 1. The van der Waals surface area contributed by atoms with Gasteiger partial charge in [-0.2, -0.15) is 26.3 Å². The molecule has 0 aliphatic rings. The van der Waals surface area contributed by atoms with Crippen molar-refractivity contribution in [2.24, 2.45) is 0 Å². The van der Waals surface area contributed by atoms with Gasteiger partial charge >= 0.3 is 12.4 Å². The molecule has 0 radical (unpaired) electrons. The Morgan fingerprint density at radius 3 is 1.73 bits per heavy atom. The largest absolute Gasteiger partial charge is 0.396 e. The molecule has 0 bridgehead atoms. The third-order valence-corrected chi connectivity index (χ3v) is 1.26. The van der Waals surface area contributed by atoms with Crippen LogP contribution in [-0.4, -0.2) is 18.1 Å². The second-order valence-corrected chi connectivity index (χ2v) is 3.04. The van der Waals surface area contributed by atoms with Crippen LogP contribution >= 0.6 is 0 Å². The predicted octanol–water partition coefficient (Wildman–Crippen LogP) is 3.41. The van der Waals surface area contributed by atoms with Crippen LogP contribution in [0.5, 0.6) is 0 Å². The second kappa shape index (κ2) is 4.67. The fourth-order valence-corrected chi connectivity index (χ4v) is 0.891. The molecule has 15 heavy (non-hydrogen) atoms. The Bertz CT molecular complexity index is 259. The van der Waals surface area contributed by atoms with Gasteiger partial charge in [0.05, 0.1) is 6.42 Å². The zero-order chi connectivity index (χ0) is 12.3. The lowest BCUT2D eigenvalue weighted by atomic mass is 10.1. The summed E-state index contributed by atoms with van der Waals surface area (Å²) in [7, 11) is 0. The van der Waals surface area contributed by atoms with Crippen molar-refractivity contribution in [3.05, 3.63) is 11.6 Å². The first-order chi connectivity index (χ1) is 6.49. The van der Waals surface area contributed by atoms with E-state index in [1.807, 2.05) is 0 Å². The molecule has 0 atom stereocenters. The van der Waals surface area contributed by atoms with Gasteiger partial charge in [0.15, 0.2) is 5.78 Å². The molecule has 0 aliphatic carbocycles. The number of rotatable bonds is 3. The maximum atomic E-state index is 11.7. The van der Waals surface area contributed by atoms with Crippen LogP contribution in [0.3, 0.4) is 0 Å². The third kappa shape index (κ3) is 9.30. The summed E-state index contributed by atoms with van der Waals surface area (Å²) < 4.78 is 70.0. The summed E-state index contributed by atoms with van der Waals surface area (Å²) in [5.74, 6) is -1.37. The maximum Gasteiger partial charge on any atom is 0.396 e. The van der Waals surface area contributed by atoms with Gasteiger partial charge in [-0.1, -0.05) is 5.57 Å². The quantitative estimate of drug-likeness (QED) is 0.540. The van der Waals surface area contributed by atoms with Crippen molar-refractivity contribution in [1.29, 1.82) is 0 Å². The van der Waals surface area contributed by atoms with Crippen LogP contribution in [-0.2, 0) is 4.79 Å². The van der Waals surface area contributed by atoms with Gasteiger partial charge in [0.1, 0.15) is 6.42 Å². The topological polar surface area (TPSA) is 17.1 Å². The Morgan fingerprint density at radius 1 is 1.00 bits per heavy atom. The van der Waals surface area contributed by atoms with Gasteiger partial charge in [-0.15, -0.1) is 0 Å². The standard InChI is InChI=1S/C8H8F6O/c1-5(3-7(9,10)11)2-6(15)4-8(12,13)14/h2H,3-4H2,1H3. The van der Waals surface area contributed by atoms with E-state index >= 15 is 0 Å². The highest BCUT2D eigenvalue weighted by atomic mass is 19.4. The number of carbonyl (C=O) groups excluding carboxylic acids is 1. The highest BCUT2D eigenvalue weighted by Crippen LogP contribution is 2.25. The van der Waals surface area contributed by atoms with Crippen LogP contribution in [0.25, 0.3) is 0 Å². The van der Waals surface area contributed by atoms with E-state index in [2.05, 4.69) is 0 Å². The molecular weight excluding hydrogens is 226 g/mol. The third-order valence-electron chi connectivity index (χ3n) is 1.26. The summed E-state index contributed by atoms with van der Waals surface area (Å²) in [5.41, 5.74) is -0.434. The normalized spacial score (nSPS) is 14.2. The average molecular weight is 234 g/mol. The highest BCUT2D eigenvalue weighted by molar-refractivity contribution is 5.90. The molecule has 0 aromatic rings. The number of allylic oxidation sites excluding steroid dienone is 2. The summed E-state index contributed by atoms with van der Waals surface area (Å²) >= 11 is 0. The van der Waals surface area contributed by atoms with Crippen LogP contribution in [0.1, 0.15) is 19.8 Å². The fraction of sp³-hybridized carbons (Fsp3) is 0.625. The molecule has 0 fully saturated rings. The van der Waals surface area contributed by atoms with E-state index in [1.165, 1.54) is 0 Å². The molecule has 0 unspecified atom stereocenters. The molecule has 0 aromatic heterocycles. The molecule has 0 spiro atoms. The molecule has 88 valence electrons. The summed E-state index contributed by atoms with van der Waals surface area (Å²) in [6.07, 6.45) is -11.9. The molecule has 0 amide bonds. The molecule has 0 aromatic carbocycles. The Kier molecular flexibility index (Phi) is 4.36. The lowest BCUT2D eigenvalue weighted by molar-refractivity contribution is -0.149. The summed E-state index contributed by atoms with van der Waals surface area (Å²) in [5, 5.41) is 0. The maximum absolute atomic E-state index is 11.7. The van der Waals surface area contributed by atoms with Crippen molar-refractivity contribution >= 4 is 5.78 Å². The summed E-state index contributed by atoms with van der Waals surface area (Å²) in [4.78, 5) is 10.6. The van der Waals surface area contributed by atoms with E-state index < -0.39 is 36.6 Å². The molecule has 0 N–H and O–H groups in total. The van der Waals surface area contributed by atoms with Crippen molar-refractivity contribution in [3.8, 4) is 0 Å². The smallest absolute Gasteiger partial charge is 0.294 e.